The first-order valence-electron chi connectivity index (χ1n) is 4.05. The topological polar surface area (TPSA) is 95.6 Å². The standard InChI is InChI=1S/C8H10N6/c1-14-8(11-12-13-14)5-2-6(9)4-7(10)3-5/h2-4H,9-10H2,1H3. The number of aromatic nitrogens is 4. The van der Waals surface area contributed by atoms with Crippen molar-refractivity contribution in [2.24, 2.45) is 7.05 Å². The number of nitrogens with two attached hydrogens (primary N) is 2. The molecule has 72 valence electrons. The Labute approximate surface area is 80.5 Å². The van der Waals surface area contributed by atoms with E-state index in [1.54, 1.807) is 29.9 Å². The van der Waals surface area contributed by atoms with Gasteiger partial charge in [-0.25, -0.2) is 4.68 Å². The lowest BCUT2D eigenvalue weighted by Crippen LogP contribution is -1.97. The molecule has 0 atom stereocenters. The molecule has 0 radical (unpaired) electrons. The summed E-state index contributed by atoms with van der Waals surface area (Å²) in [5, 5.41) is 11.1. The Balaban J connectivity index is 2.57. The molecule has 0 amide bonds. The molecule has 0 unspecified atom stereocenters. The highest BCUT2D eigenvalue weighted by Crippen LogP contribution is 2.21. The number of benzene rings is 1. The zero-order valence-corrected chi connectivity index (χ0v) is 7.68. The number of tetrazole rings is 1. The molecule has 2 rings (SSSR count). The second-order valence-electron chi connectivity index (χ2n) is 3.01. The zero-order valence-electron chi connectivity index (χ0n) is 7.68. The summed E-state index contributed by atoms with van der Waals surface area (Å²) in [6, 6.07) is 5.25. The fraction of sp³-hybridized carbons (Fsp3) is 0.125. The van der Waals surface area contributed by atoms with E-state index in [0.29, 0.717) is 17.2 Å². The minimum absolute atomic E-state index is 0.600. The molecule has 0 saturated carbocycles. The maximum Gasteiger partial charge on any atom is 0.181 e. The van der Waals surface area contributed by atoms with E-state index < -0.39 is 0 Å². The fourth-order valence-corrected chi connectivity index (χ4v) is 1.28. The fourth-order valence-electron chi connectivity index (χ4n) is 1.28. The van der Waals surface area contributed by atoms with Crippen molar-refractivity contribution in [2.75, 3.05) is 11.5 Å². The second-order valence-corrected chi connectivity index (χ2v) is 3.01. The van der Waals surface area contributed by atoms with Gasteiger partial charge in [0.2, 0.25) is 0 Å². The van der Waals surface area contributed by atoms with Crippen molar-refractivity contribution < 1.29 is 0 Å². The molecule has 0 aliphatic heterocycles. The minimum atomic E-state index is 0.600. The molecule has 6 nitrogen and oxygen atoms in total. The van der Waals surface area contributed by atoms with Crippen LogP contribution in [0.3, 0.4) is 0 Å². The van der Waals surface area contributed by atoms with Gasteiger partial charge in [-0.2, -0.15) is 0 Å². The third-order valence-corrected chi connectivity index (χ3v) is 1.86. The van der Waals surface area contributed by atoms with Crippen molar-refractivity contribution in [3.05, 3.63) is 18.2 Å². The van der Waals surface area contributed by atoms with Crippen molar-refractivity contribution in [1.82, 2.24) is 20.2 Å². The van der Waals surface area contributed by atoms with Crippen molar-refractivity contribution in [3.63, 3.8) is 0 Å². The molecular formula is C8H10N6. The van der Waals surface area contributed by atoms with Crippen LogP contribution in [-0.2, 0) is 7.05 Å². The van der Waals surface area contributed by atoms with E-state index in [9.17, 15) is 0 Å². The Hall–Kier alpha value is -2.11. The highest BCUT2D eigenvalue weighted by atomic mass is 15.5. The van der Waals surface area contributed by atoms with E-state index in [-0.39, 0.29) is 0 Å². The van der Waals surface area contributed by atoms with Crippen LogP contribution in [0.25, 0.3) is 11.4 Å². The molecule has 0 bridgehead atoms. The van der Waals surface area contributed by atoms with Gasteiger partial charge in [0, 0.05) is 24.0 Å². The highest BCUT2D eigenvalue weighted by Gasteiger charge is 2.06. The summed E-state index contributed by atoms with van der Waals surface area (Å²) in [5.74, 6) is 0.643. The quantitative estimate of drug-likeness (QED) is 0.619. The van der Waals surface area contributed by atoms with Gasteiger partial charge < -0.3 is 11.5 Å². The number of nitrogens with zero attached hydrogens (tertiary/aromatic N) is 4. The van der Waals surface area contributed by atoms with E-state index >= 15 is 0 Å². The van der Waals surface area contributed by atoms with E-state index in [4.69, 9.17) is 11.5 Å². The van der Waals surface area contributed by atoms with Crippen molar-refractivity contribution >= 4 is 11.4 Å². The molecular weight excluding hydrogens is 180 g/mol. The highest BCUT2D eigenvalue weighted by molar-refractivity contribution is 5.67. The Bertz CT molecular complexity index is 440. The third-order valence-electron chi connectivity index (χ3n) is 1.86. The van der Waals surface area contributed by atoms with Crippen LogP contribution in [-0.4, -0.2) is 20.2 Å². The minimum Gasteiger partial charge on any atom is -0.399 e. The van der Waals surface area contributed by atoms with Gasteiger partial charge in [0.25, 0.3) is 0 Å². The first-order valence-corrected chi connectivity index (χ1v) is 4.05. The van der Waals surface area contributed by atoms with Crippen LogP contribution in [0.2, 0.25) is 0 Å². The van der Waals surface area contributed by atoms with Gasteiger partial charge in [0.1, 0.15) is 0 Å². The Morgan fingerprint density at radius 2 is 1.79 bits per heavy atom. The second kappa shape index (κ2) is 2.99. The summed E-state index contributed by atoms with van der Waals surface area (Å²) >= 11 is 0. The van der Waals surface area contributed by atoms with Crippen LogP contribution >= 0.6 is 0 Å². The largest absolute Gasteiger partial charge is 0.399 e. The predicted molar refractivity (Wildman–Crippen MR) is 53.1 cm³/mol. The van der Waals surface area contributed by atoms with Gasteiger partial charge in [-0.05, 0) is 28.6 Å². The summed E-state index contributed by atoms with van der Waals surface area (Å²) < 4.78 is 1.56. The van der Waals surface area contributed by atoms with Crippen LogP contribution in [0.1, 0.15) is 0 Å². The average molecular weight is 190 g/mol. The molecule has 2 aromatic rings. The van der Waals surface area contributed by atoms with E-state index in [1.165, 1.54) is 0 Å². The molecule has 6 heteroatoms. The molecule has 1 heterocycles. The molecule has 14 heavy (non-hydrogen) atoms. The number of nitrogen functional groups attached to an aromatic ring is 2. The summed E-state index contributed by atoms with van der Waals surface area (Å²) in [5.41, 5.74) is 13.3. The Kier molecular flexibility index (Phi) is 1.81. The molecule has 0 fully saturated rings. The summed E-state index contributed by atoms with van der Waals surface area (Å²) in [7, 11) is 1.76. The van der Waals surface area contributed by atoms with Crippen molar-refractivity contribution in [1.29, 1.82) is 0 Å². The lowest BCUT2D eigenvalue weighted by Gasteiger charge is -2.02. The van der Waals surface area contributed by atoms with Crippen LogP contribution in [0, 0.1) is 0 Å². The number of aryl methyl sites for hydroxylation is 1. The maximum atomic E-state index is 5.66. The maximum absolute atomic E-state index is 5.66. The zero-order chi connectivity index (χ0) is 10.1. The molecule has 0 aliphatic rings. The van der Waals surface area contributed by atoms with E-state index in [2.05, 4.69) is 15.5 Å². The summed E-state index contributed by atoms with van der Waals surface area (Å²) in [4.78, 5) is 0. The molecule has 0 saturated heterocycles. The Morgan fingerprint density at radius 3 is 2.29 bits per heavy atom. The van der Waals surface area contributed by atoms with Crippen LogP contribution in [0.5, 0.6) is 0 Å². The molecule has 1 aromatic carbocycles. The van der Waals surface area contributed by atoms with Crippen molar-refractivity contribution in [3.8, 4) is 11.4 Å². The number of anilines is 2. The lowest BCUT2D eigenvalue weighted by molar-refractivity contribution is 0.715. The number of hydrogen-bond acceptors (Lipinski definition) is 5. The third kappa shape index (κ3) is 1.37. The van der Waals surface area contributed by atoms with E-state index in [1.807, 2.05) is 0 Å². The molecule has 4 N–H and O–H groups in total. The number of hydrogen-bond donors (Lipinski definition) is 2. The predicted octanol–water partition coefficient (Wildman–Crippen LogP) is 0.0415. The van der Waals surface area contributed by atoms with Crippen LogP contribution in [0.4, 0.5) is 11.4 Å². The lowest BCUT2D eigenvalue weighted by atomic mass is 10.1. The average Bonchev–Trinajstić information content (AvgIpc) is 2.49. The smallest absolute Gasteiger partial charge is 0.181 e. The normalized spacial score (nSPS) is 10.4. The van der Waals surface area contributed by atoms with Gasteiger partial charge >= 0.3 is 0 Å². The SMILES string of the molecule is Cn1nnnc1-c1cc(N)cc(N)c1. The van der Waals surface area contributed by atoms with Gasteiger partial charge in [-0.15, -0.1) is 5.10 Å². The van der Waals surface area contributed by atoms with Gasteiger partial charge in [0.15, 0.2) is 5.82 Å². The first kappa shape index (κ1) is 8.49. The monoisotopic (exact) mass is 190 g/mol. The summed E-state index contributed by atoms with van der Waals surface area (Å²) in [6.45, 7) is 0. The molecule has 1 aromatic heterocycles. The number of rotatable bonds is 1. The first-order chi connectivity index (χ1) is 6.66. The van der Waals surface area contributed by atoms with Crippen LogP contribution in [0.15, 0.2) is 18.2 Å². The van der Waals surface area contributed by atoms with Gasteiger partial charge in [-0.1, -0.05) is 0 Å². The Morgan fingerprint density at radius 1 is 1.14 bits per heavy atom. The summed E-state index contributed by atoms with van der Waals surface area (Å²) in [6.07, 6.45) is 0. The van der Waals surface area contributed by atoms with E-state index in [0.717, 1.165) is 5.56 Å². The molecule has 0 spiro atoms. The van der Waals surface area contributed by atoms with Gasteiger partial charge in [0.05, 0.1) is 0 Å². The van der Waals surface area contributed by atoms with Crippen molar-refractivity contribution in [2.45, 2.75) is 0 Å². The van der Waals surface area contributed by atoms with Gasteiger partial charge in [-0.3, -0.25) is 0 Å². The van der Waals surface area contributed by atoms with Crippen LogP contribution < -0.4 is 11.5 Å². The molecule has 0 aliphatic carbocycles.